The highest BCUT2D eigenvalue weighted by molar-refractivity contribution is 8.01. The second-order valence-electron chi connectivity index (χ2n) is 4.23. The van der Waals surface area contributed by atoms with Crippen LogP contribution in [-0.2, 0) is 10.5 Å². The quantitative estimate of drug-likeness (QED) is 0.533. The Kier molecular flexibility index (Phi) is 7.19. The predicted octanol–water partition coefficient (Wildman–Crippen LogP) is 5.56. The predicted molar refractivity (Wildman–Crippen MR) is 97.3 cm³/mol. The third-order valence-electron chi connectivity index (χ3n) is 2.58. The maximum Gasteiger partial charge on any atom is 0.254 e. The van der Waals surface area contributed by atoms with Gasteiger partial charge in [0.25, 0.3) is 5.91 Å². The van der Waals surface area contributed by atoms with Crippen LogP contribution < -0.4 is 4.72 Å². The molecule has 0 spiro atoms. The second kappa shape index (κ2) is 9.16. The summed E-state index contributed by atoms with van der Waals surface area (Å²) in [7, 11) is 0. The molecule has 1 N–H and O–H groups in total. The molecule has 22 heavy (non-hydrogen) atoms. The molecule has 0 heterocycles. The number of thioether (sulfide) groups is 1. The van der Waals surface area contributed by atoms with Crippen molar-refractivity contribution >= 4 is 52.8 Å². The van der Waals surface area contributed by atoms with E-state index in [0.29, 0.717) is 15.8 Å². The Labute approximate surface area is 148 Å². The van der Waals surface area contributed by atoms with Crippen molar-refractivity contribution in [2.75, 3.05) is 0 Å². The summed E-state index contributed by atoms with van der Waals surface area (Å²) in [4.78, 5) is 12.7. The minimum absolute atomic E-state index is 0.149. The van der Waals surface area contributed by atoms with Gasteiger partial charge in [-0.3, -0.25) is 9.52 Å². The standard InChI is InChI=1S/C16H13Cl2NOS2/c17-13-7-6-12(15(18)10-13)11-21-9-8-16(20)19-22-14-4-2-1-3-5-14/h1-10H,11H2,(H,19,20)/b9-8+. The van der Waals surface area contributed by atoms with Gasteiger partial charge in [0.15, 0.2) is 0 Å². The molecule has 0 fully saturated rings. The molecule has 2 aromatic rings. The zero-order valence-electron chi connectivity index (χ0n) is 11.5. The maximum absolute atomic E-state index is 11.7. The Balaban J connectivity index is 1.74. The van der Waals surface area contributed by atoms with Crippen LogP contribution in [0, 0.1) is 0 Å². The van der Waals surface area contributed by atoms with Gasteiger partial charge in [-0.1, -0.05) is 47.5 Å². The summed E-state index contributed by atoms with van der Waals surface area (Å²) in [5.74, 6) is 0.537. The summed E-state index contributed by atoms with van der Waals surface area (Å²) in [6.45, 7) is 0. The number of halogens is 2. The first-order valence-electron chi connectivity index (χ1n) is 6.39. The van der Waals surface area contributed by atoms with Gasteiger partial charge in [0.05, 0.1) is 0 Å². The first-order chi connectivity index (χ1) is 10.6. The van der Waals surface area contributed by atoms with E-state index in [0.717, 1.165) is 10.5 Å². The second-order valence-corrected chi connectivity index (χ2v) is 6.85. The fourth-order valence-corrected chi connectivity index (χ4v) is 3.40. The minimum atomic E-state index is -0.149. The van der Waals surface area contributed by atoms with E-state index in [9.17, 15) is 4.79 Å². The van der Waals surface area contributed by atoms with Crippen LogP contribution in [0.1, 0.15) is 5.56 Å². The van der Waals surface area contributed by atoms with Crippen LogP contribution in [0.25, 0.3) is 0 Å². The summed E-state index contributed by atoms with van der Waals surface area (Å²) in [6, 6.07) is 15.1. The average molecular weight is 370 g/mol. The van der Waals surface area contributed by atoms with Crippen LogP contribution in [0.15, 0.2) is 64.9 Å². The molecule has 0 aliphatic rings. The van der Waals surface area contributed by atoms with Gasteiger partial charge in [-0.05, 0) is 47.2 Å². The summed E-state index contributed by atoms with van der Waals surface area (Å²) >= 11 is 14.7. The Hall–Kier alpha value is -1.07. The smallest absolute Gasteiger partial charge is 0.254 e. The Bertz CT molecular complexity index is 662. The molecule has 0 aliphatic heterocycles. The van der Waals surface area contributed by atoms with Gasteiger partial charge in [0.2, 0.25) is 0 Å². The minimum Gasteiger partial charge on any atom is -0.292 e. The molecule has 0 saturated carbocycles. The van der Waals surface area contributed by atoms with Crippen molar-refractivity contribution in [3.8, 4) is 0 Å². The molecule has 6 heteroatoms. The summed E-state index contributed by atoms with van der Waals surface area (Å²) in [5, 5.41) is 3.01. The number of nitrogens with one attached hydrogen (secondary N) is 1. The molecule has 2 aromatic carbocycles. The fraction of sp³-hybridized carbons (Fsp3) is 0.0625. The number of benzene rings is 2. The van der Waals surface area contributed by atoms with Crippen molar-refractivity contribution in [1.82, 2.24) is 4.72 Å². The molecule has 0 bridgehead atoms. The first-order valence-corrected chi connectivity index (χ1v) is 9.01. The molecule has 0 aliphatic carbocycles. The molecule has 2 nitrogen and oxygen atoms in total. The van der Waals surface area contributed by atoms with Crippen molar-refractivity contribution < 1.29 is 4.79 Å². The molecule has 1 amide bonds. The molecule has 0 radical (unpaired) electrons. The highest BCUT2D eigenvalue weighted by Gasteiger charge is 2.01. The van der Waals surface area contributed by atoms with E-state index in [1.165, 1.54) is 29.8 Å². The van der Waals surface area contributed by atoms with E-state index in [4.69, 9.17) is 23.2 Å². The van der Waals surface area contributed by atoms with E-state index < -0.39 is 0 Å². The average Bonchev–Trinajstić information content (AvgIpc) is 2.52. The molecule has 0 saturated heterocycles. The number of amides is 1. The summed E-state index contributed by atoms with van der Waals surface area (Å²) < 4.78 is 2.75. The lowest BCUT2D eigenvalue weighted by molar-refractivity contribution is -0.114. The topological polar surface area (TPSA) is 29.1 Å². The molecular weight excluding hydrogens is 357 g/mol. The molecule has 0 atom stereocenters. The van der Waals surface area contributed by atoms with Crippen molar-refractivity contribution in [1.29, 1.82) is 0 Å². The number of carbonyl (C=O) groups excluding carboxylic acids is 1. The molecule has 2 rings (SSSR count). The van der Waals surface area contributed by atoms with Crippen LogP contribution >= 0.6 is 46.9 Å². The zero-order valence-corrected chi connectivity index (χ0v) is 14.6. The zero-order chi connectivity index (χ0) is 15.8. The van der Waals surface area contributed by atoms with Crippen LogP contribution in [0.5, 0.6) is 0 Å². The molecular formula is C16H13Cl2NOS2. The van der Waals surface area contributed by atoms with Crippen molar-refractivity contribution in [2.24, 2.45) is 0 Å². The third-order valence-corrected chi connectivity index (χ3v) is 4.79. The van der Waals surface area contributed by atoms with Crippen LogP contribution in [0.2, 0.25) is 10.0 Å². The number of rotatable bonds is 6. The lowest BCUT2D eigenvalue weighted by Gasteiger charge is -2.02. The van der Waals surface area contributed by atoms with Gasteiger partial charge in [0.1, 0.15) is 0 Å². The lowest BCUT2D eigenvalue weighted by atomic mass is 10.2. The summed E-state index contributed by atoms with van der Waals surface area (Å²) in [6.07, 6.45) is 1.50. The van der Waals surface area contributed by atoms with Gasteiger partial charge < -0.3 is 0 Å². The third kappa shape index (κ3) is 5.97. The van der Waals surface area contributed by atoms with Crippen LogP contribution in [0.4, 0.5) is 0 Å². The number of carbonyl (C=O) groups is 1. The maximum atomic E-state index is 11.7. The van der Waals surface area contributed by atoms with Crippen molar-refractivity contribution in [3.63, 3.8) is 0 Å². The van der Waals surface area contributed by atoms with Crippen LogP contribution in [0.3, 0.4) is 0 Å². The van der Waals surface area contributed by atoms with E-state index >= 15 is 0 Å². The van der Waals surface area contributed by atoms with E-state index in [1.807, 2.05) is 36.4 Å². The SMILES string of the molecule is O=C(/C=C/SCc1ccc(Cl)cc1Cl)NSc1ccccc1. The lowest BCUT2D eigenvalue weighted by Crippen LogP contribution is -2.11. The van der Waals surface area contributed by atoms with Gasteiger partial charge >= 0.3 is 0 Å². The van der Waals surface area contributed by atoms with Crippen LogP contribution in [-0.4, -0.2) is 5.91 Å². The van der Waals surface area contributed by atoms with Gasteiger partial charge in [-0.2, -0.15) is 0 Å². The molecule has 0 aromatic heterocycles. The highest BCUT2D eigenvalue weighted by atomic mass is 35.5. The van der Waals surface area contributed by atoms with E-state index in [2.05, 4.69) is 4.72 Å². The number of hydrogen-bond donors (Lipinski definition) is 1. The van der Waals surface area contributed by atoms with E-state index in [1.54, 1.807) is 17.5 Å². The largest absolute Gasteiger partial charge is 0.292 e. The monoisotopic (exact) mass is 369 g/mol. The van der Waals surface area contributed by atoms with Gasteiger partial charge in [0, 0.05) is 26.8 Å². The van der Waals surface area contributed by atoms with Gasteiger partial charge in [-0.25, -0.2) is 0 Å². The van der Waals surface area contributed by atoms with Crippen molar-refractivity contribution in [3.05, 3.63) is 75.6 Å². The molecule has 114 valence electrons. The van der Waals surface area contributed by atoms with Crippen molar-refractivity contribution in [2.45, 2.75) is 10.6 Å². The van der Waals surface area contributed by atoms with E-state index in [-0.39, 0.29) is 5.91 Å². The fourth-order valence-electron chi connectivity index (χ4n) is 1.52. The Morgan fingerprint density at radius 1 is 1.14 bits per heavy atom. The normalized spacial score (nSPS) is 10.8. The first kappa shape index (κ1) is 17.3. The molecule has 0 unspecified atom stereocenters. The highest BCUT2D eigenvalue weighted by Crippen LogP contribution is 2.25. The summed E-state index contributed by atoms with van der Waals surface area (Å²) in [5.41, 5.74) is 0.986. The Morgan fingerprint density at radius 3 is 2.64 bits per heavy atom. The number of hydrogen-bond acceptors (Lipinski definition) is 3. The van der Waals surface area contributed by atoms with Gasteiger partial charge in [-0.15, -0.1) is 11.8 Å². The Morgan fingerprint density at radius 2 is 1.91 bits per heavy atom.